The zero-order valence-corrected chi connectivity index (χ0v) is 19.8. The van der Waals surface area contributed by atoms with Crippen molar-refractivity contribution < 1.29 is 0 Å². The molecule has 0 nitrogen and oxygen atoms in total. The summed E-state index contributed by atoms with van der Waals surface area (Å²) in [5.41, 5.74) is 7.56. The predicted molar refractivity (Wildman–Crippen MR) is 154 cm³/mol. The van der Waals surface area contributed by atoms with Gasteiger partial charge in [-0.2, -0.15) is 0 Å². The average molecular weight is 447 g/mol. The number of hydrogen-bond acceptors (Lipinski definition) is 0. The molecule has 6 aromatic rings. The Balaban J connectivity index is 1.71. The highest BCUT2D eigenvalue weighted by Crippen LogP contribution is 2.43. The Labute approximate surface area is 206 Å². The van der Waals surface area contributed by atoms with Gasteiger partial charge in [-0.3, -0.25) is 0 Å². The predicted octanol–water partition coefficient (Wildman–Crippen LogP) is 9.99. The van der Waals surface area contributed by atoms with E-state index < -0.39 is 0 Å². The number of benzene rings is 6. The van der Waals surface area contributed by atoms with Gasteiger partial charge in [0.15, 0.2) is 0 Å². The molecule has 0 spiro atoms. The summed E-state index contributed by atoms with van der Waals surface area (Å²) in [6.45, 7) is 6.19. The minimum absolute atomic E-state index is 1.23. The third-order valence-electron chi connectivity index (χ3n) is 6.99. The summed E-state index contributed by atoms with van der Waals surface area (Å²) in [5.74, 6) is 0. The molecule has 6 aromatic carbocycles. The molecule has 0 heteroatoms. The molecule has 0 aliphatic heterocycles. The quantitative estimate of drug-likeness (QED) is 0.236. The van der Waals surface area contributed by atoms with E-state index in [0.29, 0.717) is 0 Å². The first-order chi connectivity index (χ1) is 17.2. The van der Waals surface area contributed by atoms with Gasteiger partial charge in [-0.15, -0.1) is 0 Å². The van der Waals surface area contributed by atoms with Crippen LogP contribution in [-0.2, 0) is 0 Å². The van der Waals surface area contributed by atoms with Crippen LogP contribution in [-0.4, -0.2) is 0 Å². The maximum Gasteiger partial charge on any atom is -0.00295 e. The van der Waals surface area contributed by atoms with Crippen LogP contribution in [0.1, 0.15) is 11.1 Å². The molecular formula is C35H26. The summed E-state index contributed by atoms with van der Waals surface area (Å²) in [7, 11) is 0. The third kappa shape index (κ3) is 3.64. The molecule has 0 aliphatic rings. The molecule has 0 bridgehead atoms. The highest BCUT2D eigenvalue weighted by molar-refractivity contribution is 6.11. The molecule has 166 valence electrons. The lowest BCUT2D eigenvalue weighted by Gasteiger charge is -2.20. The second-order valence-corrected chi connectivity index (χ2v) is 9.05. The molecule has 0 saturated heterocycles. The molecule has 0 atom stereocenters. The van der Waals surface area contributed by atoms with Crippen LogP contribution in [0.15, 0.2) is 128 Å². The van der Waals surface area contributed by atoms with Crippen LogP contribution in [0.5, 0.6) is 0 Å². The van der Waals surface area contributed by atoms with Crippen LogP contribution < -0.4 is 0 Å². The second kappa shape index (κ2) is 8.74. The topological polar surface area (TPSA) is 0 Å². The van der Waals surface area contributed by atoms with E-state index in [4.69, 9.17) is 0 Å². The van der Waals surface area contributed by atoms with Gasteiger partial charge < -0.3 is 0 Å². The molecule has 0 N–H and O–H groups in total. The summed E-state index contributed by atoms with van der Waals surface area (Å²) < 4.78 is 0. The van der Waals surface area contributed by atoms with Gasteiger partial charge in [0.25, 0.3) is 0 Å². The first-order valence-electron chi connectivity index (χ1n) is 12.1. The standard InChI is InChI=1S/C35H26/c1-3-4-15-31-24(2)34(29-20-18-25-11-5-7-13-27(25)22-29)32-16-9-10-17-33(32)35(31)30-21-19-26-12-6-8-14-28(26)23-30/h3-23H,1H2,2H3/b15-4-. The van der Waals surface area contributed by atoms with Gasteiger partial charge in [-0.05, 0) is 84.8 Å². The molecule has 0 amide bonds. The fraction of sp³-hybridized carbons (Fsp3) is 0.0286. The number of rotatable bonds is 4. The van der Waals surface area contributed by atoms with Crippen molar-refractivity contribution >= 4 is 38.4 Å². The lowest BCUT2D eigenvalue weighted by atomic mass is 9.83. The van der Waals surface area contributed by atoms with Crippen LogP contribution in [0, 0.1) is 6.92 Å². The fourth-order valence-electron chi connectivity index (χ4n) is 5.33. The molecule has 0 saturated carbocycles. The normalized spacial score (nSPS) is 11.6. The van der Waals surface area contributed by atoms with E-state index in [-0.39, 0.29) is 0 Å². The van der Waals surface area contributed by atoms with Crippen LogP contribution in [0.25, 0.3) is 60.6 Å². The van der Waals surface area contributed by atoms with Crippen molar-refractivity contribution in [1.82, 2.24) is 0 Å². The largest absolute Gasteiger partial charge is 0.0991 e. The van der Waals surface area contributed by atoms with E-state index >= 15 is 0 Å². The maximum atomic E-state index is 3.94. The molecule has 0 unspecified atom stereocenters. The fourth-order valence-corrected chi connectivity index (χ4v) is 5.33. The SMILES string of the molecule is C=C/C=C\c1c(C)c(-c2ccc3ccccc3c2)c2ccccc2c1-c1ccc2ccccc2c1. The Morgan fingerprint density at radius 1 is 0.543 bits per heavy atom. The van der Waals surface area contributed by atoms with Gasteiger partial charge in [0.2, 0.25) is 0 Å². The molecule has 0 heterocycles. The second-order valence-electron chi connectivity index (χ2n) is 9.05. The van der Waals surface area contributed by atoms with Crippen LogP contribution in [0.4, 0.5) is 0 Å². The third-order valence-corrected chi connectivity index (χ3v) is 6.99. The lowest BCUT2D eigenvalue weighted by Crippen LogP contribution is -1.96. The van der Waals surface area contributed by atoms with Crippen molar-refractivity contribution in [2.75, 3.05) is 0 Å². The molecular weight excluding hydrogens is 420 g/mol. The molecule has 0 aliphatic carbocycles. The van der Waals surface area contributed by atoms with E-state index in [0.717, 1.165) is 0 Å². The summed E-state index contributed by atoms with van der Waals surface area (Å²) in [4.78, 5) is 0. The van der Waals surface area contributed by atoms with E-state index in [1.807, 2.05) is 12.2 Å². The minimum Gasteiger partial charge on any atom is -0.0991 e. The first-order valence-corrected chi connectivity index (χ1v) is 12.1. The summed E-state index contributed by atoms with van der Waals surface area (Å²) >= 11 is 0. The van der Waals surface area contributed by atoms with Crippen LogP contribution >= 0.6 is 0 Å². The van der Waals surface area contributed by atoms with Gasteiger partial charge in [0.1, 0.15) is 0 Å². The van der Waals surface area contributed by atoms with E-state index in [9.17, 15) is 0 Å². The van der Waals surface area contributed by atoms with Crippen molar-refractivity contribution in [2.45, 2.75) is 6.92 Å². The van der Waals surface area contributed by atoms with Gasteiger partial charge in [0, 0.05) is 0 Å². The number of fused-ring (bicyclic) bond motifs is 3. The Morgan fingerprint density at radius 2 is 1.03 bits per heavy atom. The van der Waals surface area contributed by atoms with Gasteiger partial charge in [-0.25, -0.2) is 0 Å². The van der Waals surface area contributed by atoms with E-state index in [2.05, 4.69) is 129 Å². The molecule has 0 radical (unpaired) electrons. The number of hydrogen-bond donors (Lipinski definition) is 0. The summed E-state index contributed by atoms with van der Waals surface area (Å²) in [6, 6.07) is 39.6. The van der Waals surface area contributed by atoms with E-state index in [1.165, 1.54) is 65.7 Å². The first kappa shape index (κ1) is 21.1. The van der Waals surface area contributed by atoms with Crippen LogP contribution in [0.3, 0.4) is 0 Å². The Hall–Kier alpha value is -4.42. The average Bonchev–Trinajstić information content (AvgIpc) is 2.91. The van der Waals surface area contributed by atoms with Crippen LogP contribution in [0.2, 0.25) is 0 Å². The Morgan fingerprint density at radius 3 is 1.60 bits per heavy atom. The van der Waals surface area contributed by atoms with E-state index in [1.54, 1.807) is 0 Å². The lowest BCUT2D eigenvalue weighted by molar-refractivity contribution is 1.46. The Bertz CT molecular complexity index is 1770. The van der Waals surface area contributed by atoms with Crippen molar-refractivity contribution in [3.05, 3.63) is 139 Å². The highest BCUT2D eigenvalue weighted by atomic mass is 14.2. The summed E-state index contributed by atoms with van der Waals surface area (Å²) in [5, 5.41) is 7.57. The Kier molecular flexibility index (Phi) is 5.28. The molecule has 0 aromatic heterocycles. The minimum atomic E-state index is 1.23. The molecule has 6 rings (SSSR count). The van der Waals surface area contributed by atoms with Crippen molar-refractivity contribution in [2.24, 2.45) is 0 Å². The van der Waals surface area contributed by atoms with Gasteiger partial charge >= 0.3 is 0 Å². The maximum absolute atomic E-state index is 3.94. The van der Waals surface area contributed by atoms with Gasteiger partial charge in [0.05, 0.1) is 0 Å². The smallest absolute Gasteiger partial charge is 0.00295 e. The van der Waals surface area contributed by atoms with Crippen molar-refractivity contribution in [1.29, 1.82) is 0 Å². The van der Waals surface area contributed by atoms with Crippen molar-refractivity contribution in [3.63, 3.8) is 0 Å². The highest BCUT2D eigenvalue weighted by Gasteiger charge is 2.18. The van der Waals surface area contributed by atoms with Gasteiger partial charge in [-0.1, -0.05) is 122 Å². The molecule has 35 heavy (non-hydrogen) atoms. The number of allylic oxidation sites excluding steroid dienone is 2. The monoisotopic (exact) mass is 446 g/mol. The summed E-state index contributed by atoms with van der Waals surface area (Å²) in [6.07, 6.45) is 6.12. The zero-order valence-electron chi connectivity index (χ0n) is 19.8. The molecule has 0 fully saturated rings. The zero-order chi connectivity index (χ0) is 23.8. The van der Waals surface area contributed by atoms with Crippen molar-refractivity contribution in [3.8, 4) is 22.3 Å².